The molecule has 0 saturated carbocycles. The molecule has 3 rings (SSSR count). The summed E-state index contributed by atoms with van der Waals surface area (Å²) in [5.74, 6) is 0.591. The number of hydrogen-bond donors (Lipinski definition) is 0. The van der Waals surface area contributed by atoms with Gasteiger partial charge < -0.3 is 4.90 Å². The van der Waals surface area contributed by atoms with Crippen molar-refractivity contribution < 1.29 is 9.18 Å². The third kappa shape index (κ3) is 4.83. The molecule has 0 radical (unpaired) electrons. The van der Waals surface area contributed by atoms with Gasteiger partial charge in [0.1, 0.15) is 5.82 Å². The molecule has 2 aromatic heterocycles. The van der Waals surface area contributed by atoms with Gasteiger partial charge in [-0.2, -0.15) is 0 Å². The Labute approximate surface area is 167 Å². The second kappa shape index (κ2) is 9.27. The van der Waals surface area contributed by atoms with E-state index in [1.165, 1.54) is 23.9 Å². The summed E-state index contributed by atoms with van der Waals surface area (Å²) in [4.78, 5) is 18.1. The summed E-state index contributed by atoms with van der Waals surface area (Å²) in [6.07, 6.45) is 5.16. The van der Waals surface area contributed by atoms with Crippen LogP contribution in [-0.4, -0.2) is 43.4 Å². The molecular formula is C20H20FN5OS. The number of carbonyl (C=O) groups excluding carboxylic acids is 1. The van der Waals surface area contributed by atoms with Crippen LogP contribution < -0.4 is 0 Å². The number of aromatic nitrogens is 4. The Morgan fingerprint density at radius 1 is 1.21 bits per heavy atom. The van der Waals surface area contributed by atoms with Gasteiger partial charge in [0.05, 0.1) is 5.75 Å². The molecule has 2 heterocycles. The molecule has 0 spiro atoms. The standard InChI is InChI=1S/C20H20FN5OS/c1-3-12-26-19(16-8-10-22-11-9-16)23-24-20(26)28-14-18(27)25(2)13-15-4-6-17(21)7-5-15/h3-11H,1,12-14H2,2H3. The third-order valence-corrected chi connectivity index (χ3v) is 5.00. The van der Waals surface area contributed by atoms with Gasteiger partial charge >= 0.3 is 0 Å². The second-order valence-electron chi connectivity index (χ2n) is 6.11. The van der Waals surface area contributed by atoms with Crippen LogP contribution in [0.15, 0.2) is 66.6 Å². The molecule has 1 aromatic carbocycles. The summed E-state index contributed by atoms with van der Waals surface area (Å²) in [7, 11) is 1.73. The number of pyridine rings is 1. The Hall–Kier alpha value is -3.00. The van der Waals surface area contributed by atoms with Crippen LogP contribution in [0.1, 0.15) is 5.56 Å². The van der Waals surface area contributed by atoms with E-state index < -0.39 is 0 Å². The second-order valence-corrected chi connectivity index (χ2v) is 7.05. The molecule has 0 bridgehead atoms. The number of amides is 1. The van der Waals surface area contributed by atoms with E-state index in [0.717, 1.165) is 11.1 Å². The fourth-order valence-electron chi connectivity index (χ4n) is 2.59. The van der Waals surface area contributed by atoms with E-state index in [4.69, 9.17) is 0 Å². The summed E-state index contributed by atoms with van der Waals surface area (Å²) in [6.45, 7) is 4.74. The molecule has 0 saturated heterocycles. The van der Waals surface area contributed by atoms with Crippen LogP contribution in [0, 0.1) is 5.82 Å². The van der Waals surface area contributed by atoms with Crippen molar-refractivity contribution in [3.05, 3.63) is 72.8 Å². The van der Waals surface area contributed by atoms with Crippen LogP contribution in [0.2, 0.25) is 0 Å². The Bertz CT molecular complexity index is 943. The fraction of sp³-hybridized carbons (Fsp3) is 0.200. The van der Waals surface area contributed by atoms with E-state index in [0.29, 0.717) is 24.1 Å². The number of thioether (sulfide) groups is 1. The summed E-state index contributed by atoms with van der Waals surface area (Å²) in [5, 5.41) is 9.14. The van der Waals surface area contributed by atoms with Crippen molar-refractivity contribution in [1.82, 2.24) is 24.6 Å². The van der Waals surface area contributed by atoms with Crippen LogP contribution in [0.5, 0.6) is 0 Å². The molecule has 0 aliphatic rings. The lowest BCUT2D eigenvalue weighted by Gasteiger charge is -2.17. The van der Waals surface area contributed by atoms with Crippen molar-refractivity contribution in [2.45, 2.75) is 18.2 Å². The lowest BCUT2D eigenvalue weighted by atomic mass is 10.2. The van der Waals surface area contributed by atoms with Gasteiger partial charge in [-0.25, -0.2) is 4.39 Å². The molecule has 0 unspecified atom stereocenters. The minimum atomic E-state index is -0.292. The van der Waals surface area contributed by atoms with Crippen LogP contribution in [-0.2, 0) is 17.9 Å². The van der Waals surface area contributed by atoms with Crippen LogP contribution >= 0.6 is 11.8 Å². The molecule has 0 fully saturated rings. The molecule has 1 amide bonds. The van der Waals surface area contributed by atoms with E-state index in [2.05, 4.69) is 21.8 Å². The van der Waals surface area contributed by atoms with Crippen molar-refractivity contribution in [2.24, 2.45) is 0 Å². The normalized spacial score (nSPS) is 10.6. The summed E-state index contributed by atoms with van der Waals surface area (Å²) in [6, 6.07) is 9.85. The zero-order valence-corrected chi connectivity index (χ0v) is 16.3. The Morgan fingerprint density at radius 2 is 1.93 bits per heavy atom. The maximum Gasteiger partial charge on any atom is 0.233 e. The zero-order valence-electron chi connectivity index (χ0n) is 15.5. The summed E-state index contributed by atoms with van der Waals surface area (Å²) in [5.41, 5.74) is 1.77. The minimum Gasteiger partial charge on any atom is -0.341 e. The minimum absolute atomic E-state index is 0.0482. The van der Waals surface area contributed by atoms with Gasteiger partial charge in [0, 0.05) is 38.1 Å². The Kier molecular flexibility index (Phi) is 6.54. The Morgan fingerprint density at radius 3 is 2.61 bits per heavy atom. The number of hydrogen-bond acceptors (Lipinski definition) is 5. The average Bonchev–Trinajstić information content (AvgIpc) is 3.11. The summed E-state index contributed by atoms with van der Waals surface area (Å²) >= 11 is 1.33. The number of nitrogens with zero attached hydrogens (tertiary/aromatic N) is 5. The van der Waals surface area contributed by atoms with Gasteiger partial charge in [-0.05, 0) is 29.8 Å². The molecule has 0 N–H and O–H groups in total. The molecule has 28 heavy (non-hydrogen) atoms. The topological polar surface area (TPSA) is 63.9 Å². The molecular weight excluding hydrogens is 377 g/mol. The van der Waals surface area contributed by atoms with Crippen molar-refractivity contribution in [3.63, 3.8) is 0 Å². The number of carbonyl (C=O) groups is 1. The van der Waals surface area contributed by atoms with Crippen molar-refractivity contribution in [2.75, 3.05) is 12.8 Å². The van der Waals surface area contributed by atoms with E-state index in [9.17, 15) is 9.18 Å². The molecule has 0 aliphatic carbocycles. The van der Waals surface area contributed by atoms with E-state index in [1.807, 2.05) is 16.7 Å². The van der Waals surface area contributed by atoms with Crippen LogP contribution in [0.25, 0.3) is 11.4 Å². The number of benzene rings is 1. The quantitative estimate of drug-likeness (QED) is 0.431. The molecule has 6 nitrogen and oxygen atoms in total. The molecule has 0 atom stereocenters. The van der Waals surface area contributed by atoms with Gasteiger partial charge in [-0.1, -0.05) is 30.0 Å². The smallest absolute Gasteiger partial charge is 0.233 e. The lowest BCUT2D eigenvalue weighted by molar-refractivity contribution is -0.127. The average molecular weight is 397 g/mol. The van der Waals surface area contributed by atoms with Gasteiger partial charge in [-0.3, -0.25) is 14.3 Å². The zero-order chi connectivity index (χ0) is 19.9. The van der Waals surface area contributed by atoms with Crippen molar-refractivity contribution in [3.8, 4) is 11.4 Å². The van der Waals surface area contributed by atoms with E-state index in [1.54, 1.807) is 42.6 Å². The van der Waals surface area contributed by atoms with Crippen molar-refractivity contribution in [1.29, 1.82) is 0 Å². The van der Waals surface area contributed by atoms with Crippen LogP contribution in [0.4, 0.5) is 4.39 Å². The van der Waals surface area contributed by atoms with E-state index >= 15 is 0 Å². The first-order valence-corrected chi connectivity index (χ1v) is 9.62. The highest BCUT2D eigenvalue weighted by Crippen LogP contribution is 2.24. The monoisotopic (exact) mass is 397 g/mol. The highest BCUT2D eigenvalue weighted by molar-refractivity contribution is 7.99. The SMILES string of the molecule is C=CCn1c(SCC(=O)N(C)Cc2ccc(F)cc2)nnc1-c1ccncc1. The van der Waals surface area contributed by atoms with Gasteiger partial charge in [0.15, 0.2) is 11.0 Å². The molecule has 3 aromatic rings. The highest BCUT2D eigenvalue weighted by Gasteiger charge is 2.16. The predicted octanol–water partition coefficient (Wildman–Crippen LogP) is 3.42. The Balaban J connectivity index is 1.66. The van der Waals surface area contributed by atoms with Crippen LogP contribution in [0.3, 0.4) is 0 Å². The third-order valence-electron chi connectivity index (χ3n) is 4.05. The maximum atomic E-state index is 13.0. The van der Waals surface area contributed by atoms with E-state index in [-0.39, 0.29) is 17.5 Å². The van der Waals surface area contributed by atoms with Crippen molar-refractivity contribution >= 4 is 17.7 Å². The highest BCUT2D eigenvalue weighted by atomic mass is 32.2. The maximum absolute atomic E-state index is 13.0. The number of rotatable bonds is 8. The lowest BCUT2D eigenvalue weighted by Crippen LogP contribution is -2.27. The van der Waals surface area contributed by atoms with Gasteiger partial charge in [0.25, 0.3) is 0 Å². The largest absolute Gasteiger partial charge is 0.341 e. The predicted molar refractivity (Wildman–Crippen MR) is 107 cm³/mol. The molecule has 0 aliphatic heterocycles. The van der Waals surface area contributed by atoms with Gasteiger partial charge in [-0.15, -0.1) is 16.8 Å². The van der Waals surface area contributed by atoms with Gasteiger partial charge in [0.2, 0.25) is 5.91 Å². The fourth-order valence-corrected chi connectivity index (χ4v) is 3.48. The molecule has 8 heteroatoms. The first-order valence-electron chi connectivity index (χ1n) is 8.64. The first kappa shape index (κ1) is 19.8. The first-order chi connectivity index (χ1) is 13.6. The molecule has 144 valence electrons. The number of allylic oxidation sites excluding steroid dienone is 1. The summed E-state index contributed by atoms with van der Waals surface area (Å²) < 4.78 is 14.9. The number of halogens is 1.